The maximum Gasteiger partial charge on any atom is 0.255 e. The molecule has 21 heavy (non-hydrogen) atoms. The van der Waals surface area contributed by atoms with Crippen molar-refractivity contribution in [2.75, 3.05) is 20.8 Å². The summed E-state index contributed by atoms with van der Waals surface area (Å²) in [6.07, 6.45) is 4.60. The summed E-state index contributed by atoms with van der Waals surface area (Å²) in [6, 6.07) is 1.59. The van der Waals surface area contributed by atoms with Gasteiger partial charge in [-0.1, -0.05) is 11.6 Å². The molecule has 0 bridgehead atoms. The Labute approximate surface area is 127 Å². The normalized spacial score (nSPS) is 10.6. The van der Waals surface area contributed by atoms with E-state index in [1.807, 2.05) is 4.57 Å². The Morgan fingerprint density at radius 2 is 2.33 bits per heavy atom. The SMILES string of the molecule is COCCn1cnnc1CN(C)C(=O)c1ccncc1Cl. The van der Waals surface area contributed by atoms with E-state index >= 15 is 0 Å². The van der Waals surface area contributed by atoms with E-state index in [9.17, 15) is 4.79 Å². The minimum atomic E-state index is -0.191. The average molecular weight is 310 g/mol. The predicted molar refractivity (Wildman–Crippen MR) is 76.9 cm³/mol. The molecule has 112 valence electrons. The molecule has 0 unspecified atom stereocenters. The number of carbonyl (C=O) groups is 1. The summed E-state index contributed by atoms with van der Waals surface area (Å²) in [5, 5.41) is 8.22. The Balaban J connectivity index is 2.08. The van der Waals surface area contributed by atoms with E-state index in [1.54, 1.807) is 26.6 Å². The first-order valence-corrected chi connectivity index (χ1v) is 6.72. The summed E-state index contributed by atoms with van der Waals surface area (Å²) in [5.41, 5.74) is 0.414. The van der Waals surface area contributed by atoms with Crippen LogP contribution >= 0.6 is 11.6 Å². The van der Waals surface area contributed by atoms with Gasteiger partial charge in [-0.15, -0.1) is 10.2 Å². The third kappa shape index (κ3) is 3.77. The third-order valence-corrected chi connectivity index (χ3v) is 3.26. The molecule has 2 aromatic rings. The maximum atomic E-state index is 12.3. The molecule has 0 aromatic carbocycles. The number of ether oxygens (including phenoxy) is 1. The number of rotatable bonds is 6. The molecule has 7 nitrogen and oxygen atoms in total. The highest BCUT2D eigenvalue weighted by Gasteiger charge is 2.17. The first-order valence-electron chi connectivity index (χ1n) is 6.34. The average Bonchev–Trinajstić information content (AvgIpc) is 2.92. The Morgan fingerprint density at radius 3 is 3.05 bits per heavy atom. The van der Waals surface area contributed by atoms with Crippen LogP contribution in [-0.2, 0) is 17.8 Å². The van der Waals surface area contributed by atoms with Gasteiger partial charge in [0.2, 0.25) is 0 Å². The van der Waals surface area contributed by atoms with Gasteiger partial charge in [-0.3, -0.25) is 9.78 Å². The number of amides is 1. The largest absolute Gasteiger partial charge is 0.383 e. The van der Waals surface area contributed by atoms with Crippen LogP contribution in [0.3, 0.4) is 0 Å². The Kier molecular flexibility index (Phi) is 5.24. The lowest BCUT2D eigenvalue weighted by atomic mass is 10.2. The van der Waals surface area contributed by atoms with Crippen LogP contribution in [0.5, 0.6) is 0 Å². The number of aromatic nitrogens is 4. The monoisotopic (exact) mass is 309 g/mol. The van der Waals surface area contributed by atoms with Gasteiger partial charge in [0.1, 0.15) is 6.33 Å². The van der Waals surface area contributed by atoms with E-state index in [-0.39, 0.29) is 5.91 Å². The zero-order chi connectivity index (χ0) is 15.2. The smallest absolute Gasteiger partial charge is 0.255 e. The Bertz CT molecular complexity index is 616. The molecule has 0 fully saturated rings. The molecule has 0 saturated carbocycles. The van der Waals surface area contributed by atoms with Crippen LogP contribution in [-0.4, -0.2) is 51.3 Å². The van der Waals surface area contributed by atoms with E-state index < -0.39 is 0 Å². The third-order valence-electron chi connectivity index (χ3n) is 2.96. The van der Waals surface area contributed by atoms with Crippen LogP contribution in [0.2, 0.25) is 5.02 Å². The molecule has 8 heteroatoms. The molecule has 1 amide bonds. The van der Waals surface area contributed by atoms with Gasteiger partial charge in [0.15, 0.2) is 5.82 Å². The van der Waals surface area contributed by atoms with Crippen LogP contribution in [0.1, 0.15) is 16.2 Å². The summed E-state index contributed by atoms with van der Waals surface area (Å²) in [7, 11) is 3.32. The first kappa shape index (κ1) is 15.4. The molecular weight excluding hydrogens is 294 g/mol. The molecule has 2 aromatic heterocycles. The molecule has 0 saturated heterocycles. The molecule has 2 rings (SSSR count). The van der Waals surface area contributed by atoms with Crippen molar-refractivity contribution < 1.29 is 9.53 Å². The molecule has 2 heterocycles. The van der Waals surface area contributed by atoms with Gasteiger partial charge in [0.25, 0.3) is 5.91 Å². The van der Waals surface area contributed by atoms with Gasteiger partial charge in [-0.25, -0.2) is 0 Å². The van der Waals surface area contributed by atoms with Crippen molar-refractivity contribution in [1.82, 2.24) is 24.6 Å². The number of pyridine rings is 1. The molecule has 0 spiro atoms. The van der Waals surface area contributed by atoms with Crippen LogP contribution in [0, 0.1) is 0 Å². The number of carbonyl (C=O) groups excluding carboxylic acids is 1. The maximum absolute atomic E-state index is 12.3. The molecule has 0 radical (unpaired) electrons. The second kappa shape index (κ2) is 7.14. The second-order valence-corrected chi connectivity index (χ2v) is 4.86. The summed E-state index contributed by atoms with van der Waals surface area (Å²) in [4.78, 5) is 17.8. The van der Waals surface area contributed by atoms with Gasteiger partial charge >= 0.3 is 0 Å². The highest BCUT2D eigenvalue weighted by Crippen LogP contribution is 2.16. The lowest BCUT2D eigenvalue weighted by molar-refractivity contribution is 0.0779. The van der Waals surface area contributed by atoms with Gasteiger partial charge in [-0.2, -0.15) is 0 Å². The standard InChI is InChI=1S/C13H16ClN5O2/c1-18(13(20)10-3-4-15-7-11(10)14)8-12-17-16-9-19(12)5-6-21-2/h3-4,7,9H,5-6,8H2,1-2H3. The molecule has 0 aliphatic rings. The van der Waals surface area contributed by atoms with Crippen molar-refractivity contribution in [3.63, 3.8) is 0 Å². The second-order valence-electron chi connectivity index (χ2n) is 4.45. The van der Waals surface area contributed by atoms with Crippen LogP contribution < -0.4 is 0 Å². The lowest BCUT2D eigenvalue weighted by Gasteiger charge is -2.17. The molecule has 0 N–H and O–H groups in total. The quantitative estimate of drug-likeness (QED) is 0.803. The number of halogens is 1. The van der Waals surface area contributed by atoms with Gasteiger partial charge in [0.05, 0.1) is 23.7 Å². The lowest BCUT2D eigenvalue weighted by Crippen LogP contribution is -2.28. The van der Waals surface area contributed by atoms with Crippen molar-refractivity contribution in [3.8, 4) is 0 Å². The minimum Gasteiger partial charge on any atom is -0.383 e. The fourth-order valence-corrected chi connectivity index (χ4v) is 2.02. The predicted octanol–water partition coefficient (Wildman–Crippen LogP) is 1.25. The fourth-order valence-electron chi connectivity index (χ4n) is 1.82. The van der Waals surface area contributed by atoms with Gasteiger partial charge in [0, 0.05) is 33.1 Å². The number of hydrogen-bond donors (Lipinski definition) is 0. The zero-order valence-corrected chi connectivity index (χ0v) is 12.6. The first-order chi connectivity index (χ1) is 10.1. The van der Waals surface area contributed by atoms with Crippen LogP contribution in [0.25, 0.3) is 0 Å². The highest BCUT2D eigenvalue weighted by atomic mass is 35.5. The molecule has 0 aliphatic carbocycles. The van der Waals surface area contributed by atoms with E-state index in [0.29, 0.717) is 36.1 Å². The van der Waals surface area contributed by atoms with Crippen molar-refractivity contribution >= 4 is 17.5 Å². The molecule has 0 atom stereocenters. The van der Waals surface area contributed by atoms with Crippen LogP contribution in [0.4, 0.5) is 0 Å². The van der Waals surface area contributed by atoms with Crippen molar-refractivity contribution in [2.45, 2.75) is 13.1 Å². The number of nitrogens with zero attached hydrogens (tertiary/aromatic N) is 5. The Hall–Kier alpha value is -1.99. The molecular formula is C13H16ClN5O2. The van der Waals surface area contributed by atoms with Gasteiger partial charge < -0.3 is 14.2 Å². The molecule has 0 aliphatic heterocycles. The number of hydrogen-bond acceptors (Lipinski definition) is 5. The topological polar surface area (TPSA) is 73.1 Å². The number of methoxy groups -OCH3 is 1. The van der Waals surface area contributed by atoms with E-state index in [4.69, 9.17) is 16.3 Å². The Morgan fingerprint density at radius 1 is 1.52 bits per heavy atom. The van der Waals surface area contributed by atoms with E-state index in [2.05, 4.69) is 15.2 Å². The summed E-state index contributed by atoms with van der Waals surface area (Å²) >= 11 is 5.99. The summed E-state index contributed by atoms with van der Waals surface area (Å²) in [5.74, 6) is 0.497. The van der Waals surface area contributed by atoms with Gasteiger partial charge in [-0.05, 0) is 6.07 Å². The summed E-state index contributed by atoms with van der Waals surface area (Å²) in [6.45, 7) is 1.52. The highest BCUT2D eigenvalue weighted by molar-refractivity contribution is 6.33. The van der Waals surface area contributed by atoms with E-state index in [0.717, 1.165) is 0 Å². The van der Waals surface area contributed by atoms with Crippen LogP contribution in [0.15, 0.2) is 24.8 Å². The van der Waals surface area contributed by atoms with Crippen molar-refractivity contribution in [1.29, 1.82) is 0 Å². The zero-order valence-electron chi connectivity index (χ0n) is 11.9. The minimum absolute atomic E-state index is 0.191. The summed E-state index contributed by atoms with van der Waals surface area (Å²) < 4.78 is 6.87. The van der Waals surface area contributed by atoms with Crippen molar-refractivity contribution in [3.05, 3.63) is 41.2 Å². The fraction of sp³-hybridized carbons (Fsp3) is 0.385. The van der Waals surface area contributed by atoms with Crippen molar-refractivity contribution in [2.24, 2.45) is 0 Å². The van der Waals surface area contributed by atoms with E-state index in [1.165, 1.54) is 17.3 Å².